The second-order valence-corrected chi connectivity index (χ2v) is 5.58. The van der Waals surface area contributed by atoms with E-state index in [4.69, 9.17) is 12.2 Å². The number of aromatic nitrogens is 2. The molecule has 0 aliphatic heterocycles. The summed E-state index contributed by atoms with van der Waals surface area (Å²) in [6.07, 6.45) is 7.38. The van der Waals surface area contributed by atoms with E-state index in [1.54, 1.807) is 0 Å². The predicted molar refractivity (Wildman–Crippen MR) is 69.2 cm³/mol. The van der Waals surface area contributed by atoms with E-state index in [2.05, 4.69) is 41.7 Å². The molecule has 0 radical (unpaired) electrons. The van der Waals surface area contributed by atoms with Gasteiger partial charge < -0.3 is 14.5 Å². The summed E-state index contributed by atoms with van der Waals surface area (Å²) >= 11 is 5.33. The largest absolute Gasteiger partial charge is 0.335 e. The number of likely N-dealkylation sites (N-methyl/N-ethyl adjacent to an activating group) is 1. The molecule has 0 spiro atoms. The van der Waals surface area contributed by atoms with E-state index in [1.807, 2.05) is 0 Å². The van der Waals surface area contributed by atoms with Gasteiger partial charge in [-0.3, -0.25) is 0 Å². The number of aryl methyl sites for hydroxylation is 1. The minimum atomic E-state index is 0.312. The molecule has 16 heavy (non-hydrogen) atoms. The van der Waals surface area contributed by atoms with E-state index in [9.17, 15) is 0 Å². The lowest BCUT2D eigenvalue weighted by Gasteiger charge is -2.36. The van der Waals surface area contributed by atoms with Gasteiger partial charge in [-0.25, -0.2) is 0 Å². The predicted octanol–water partition coefficient (Wildman–Crippen LogP) is 2.73. The van der Waals surface area contributed by atoms with Crippen molar-refractivity contribution in [2.24, 2.45) is 0 Å². The monoisotopic (exact) mass is 239 g/mol. The summed E-state index contributed by atoms with van der Waals surface area (Å²) in [5, 5.41) is 0. The first-order valence-electron chi connectivity index (χ1n) is 5.97. The van der Waals surface area contributed by atoms with Gasteiger partial charge in [0, 0.05) is 24.0 Å². The van der Waals surface area contributed by atoms with Crippen molar-refractivity contribution in [3.63, 3.8) is 0 Å². The molecule has 2 rings (SSSR count). The third kappa shape index (κ3) is 2.09. The van der Waals surface area contributed by atoms with Crippen LogP contribution in [0.4, 0.5) is 0 Å². The number of hydrogen-bond donors (Lipinski definition) is 1. The van der Waals surface area contributed by atoms with Crippen molar-refractivity contribution in [2.45, 2.75) is 44.7 Å². The van der Waals surface area contributed by atoms with Crippen LogP contribution in [0.25, 0.3) is 0 Å². The van der Waals surface area contributed by atoms with Crippen LogP contribution in [0.5, 0.6) is 0 Å². The third-order valence-corrected chi connectivity index (χ3v) is 4.20. The fraction of sp³-hybridized carbons (Fsp3) is 0.750. The summed E-state index contributed by atoms with van der Waals surface area (Å²) in [5.74, 6) is 0. The summed E-state index contributed by atoms with van der Waals surface area (Å²) in [7, 11) is 4.38. The summed E-state index contributed by atoms with van der Waals surface area (Å²) in [6.45, 7) is 3.08. The van der Waals surface area contributed by atoms with E-state index in [0.717, 1.165) is 17.0 Å². The lowest BCUT2D eigenvalue weighted by molar-refractivity contribution is 0.133. The molecule has 1 fully saturated rings. The standard InChI is InChI=1S/C12H21N3S/c1-10-8-15(11(16)13-10)9-12(14(2)3)6-4-5-7-12/h8H,4-7,9H2,1-3H3,(H,13,16). The quantitative estimate of drug-likeness (QED) is 0.820. The highest BCUT2D eigenvalue weighted by molar-refractivity contribution is 7.71. The fourth-order valence-corrected chi connectivity index (χ4v) is 3.06. The smallest absolute Gasteiger partial charge is 0.177 e. The SMILES string of the molecule is Cc1cn(CC2(N(C)C)CCCC2)c(=S)[nH]1. The van der Waals surface area contributed by atoms with Crippen LogP contribution in [-0.4, -0.2) is 34.1 Å². The van der Waals surface area contributed by atoms with Crippen molar-refractivity contribution in [3.05, 3.63) is 16.7 Å². The molecule has 1 aliphatic carbocycles. The van der Waals surface area contributed by atoms with Crippen LogP contribution in [0.1, 0.15) is 31.4 Å². The van der Waals surface area contributed by atoms with Crippen molar-refractivity contribution in [2.75, 3.05) is 14.1 Å². The number of imidazole rings is 1. The fourth-order valence-electron chi connectivity index (χ4n) is 2.78. The van der Waals surface area contributed by atoms with E-state index in [-0.39, 0.29) is 0 Å². The molecule has 0 unspecified atom stereocenters. The van der Waals surface area contributed by atoms with Crippen molar-refractivity contribution >= 4 is 12.2 Å². The van der Waals surface area contributed by atoms with Gasteiger partial charge in [0.15, 0.2) is 4.77 Å². The highest BCUT2D eigenvalue weighted by Crippen LogP contribution is 2.35. The Hall–Kier alpha value is -0.610. The first-order valence-corrected chi connectivity index (χ1v) is 6.38. The lowest BCUT2D eigenvalue weighted by atomic mass is 9.96. The third-order valence-electron chi connectivity index (χ3n) is 3.86. The van der Waals surface area contributed by atoms with Crippen LogP contribution in [-0.2, 0) is 6.54 Å². The Labute approximate surface area is 102 Å². The number of nitrogens with one attached hydrogen (secondary N) is 1. The minimum absolute atomic E-state index is 0.312. The van der Waals surface area contributed by atoms with Gasteiger partial charge in [0.1, 0.15) is 0 Å². The molecule has 0 saturated heterocycles. The Balaban J connectivity index is 2.24. The van der Waals surface area contributed by atoms with Crippen LogP contribution >= 0.6 is 12.2 Å². The molecule has 1 heterocycles. The number of nitrogens with zero attached hydrogens (tertiary/aromatic N) is 2. The maximum atomic E-state index is 5.33. The lowest BCUT2D eigenvalue weighted by Crippen LogP contribution is -2.45. The van der Waals surface area contributed by atoms with E-state index in [0.29, 0.717) is 5.54 Å². The van der Waals surface area contributed by atoms with Gasteiger partial charge in [-0.15, -0.1) is 0 Å². The molecule has 0 aromatic carbocycles. The second kappa shape index (κ2) is 4.34. The van der Waals surface area contributed by atoms with E-state index < -0.39 is 0 Å². The van der Waals surface area contributed by atoms with Gasteiger partial charge in [-0.2, -0.15) is 0 Å². The normalized spacial score (nSPS) is 19.5. The Morgan fingerprint density at radius 3 is 2.50 bits per heavy atom. The Kier molecular flexibility index (Phi) is 3.22. The summed E-state index contributed by atoms with van der Waals surface area (Å²) in [4.78, 5) is 5.58. The van der Waals surface area contributed by atoms with Crippen LogP contribution in [0, 0.1) is 11.7 Å². The highest BCUT2D eigenvalue weighted by atomic mass is 32.1. The van der Waals surface area contributed by atoms with Crippen molar-refractivity contribution in [1.29, 1.82) is 0 Å². The average molecular weight is 239 g/mol. The van der Waals surface area contributed by atoms with E-state index >= 15 is 0 Å². The summed E-state index contributed by atoms with van der Waals surface area (Å²) in [5.41, 5.74) is 1.46. The molecule has 1 N–H and O–H groups in total. The molecule has 1 saturated carbocycles. The first-order chi connectivity index (χ1) is 7.53. The summed E-state index contributed by atoms with van der Waals surface area (Å²) in [6, 6.07) is 0. The van der Waals surface area contributed by atoms with Gasteiger partial charge in [0.2, 0.25) is 0 Å². The molecule has 4 heteroatoms. The van der Waals surface area contributed by atoms with Crippen LogP contribution in [0.15, 0.2) is 6.20 Å². The summed E-state index contributed by atoms with van der Waals surface area (Å²) < 4.78 is 3.04. The van der Waals surface area contributed by atoms with Crippen LogP contribution in [0.2, 0.25) is 0 Å². The Bertz CT molecular complexity index is 410. The number of H-pyrrole nitrogens is 1. The molecule has 1 aromatic rings. The van der Waals surface area contributed by atoms with Crippen LogP contribution in [0.3, 0.4) is 0 Å². The van der Waals surface area contributed by atoms with Crippen molar-refractivity contribution in [3.8, 4) is 0 Å². The number of hydrogen-bond acceptors (Lipinski definition) is 2. The second-order valence-electron chi connectivity index (χ2n) is 5.20. The molecule has 1 aromatic heterocycles. The maximum absolute atomic E-state index is 5.33. The molecule has 0 amide bonds. The zero-order valence-corrected chi connectivity index (χ0v) is 11.2. The highest BCUT2D eigenvalue weighted by Gasteiger charge is 2.36. The molecule has 3 nitrogen and oxygen atoms in total. The molecule has 90 valence electrons. The number of aromatic amines is 1. The van der Waals surface area contributed by atoms with Crippen molar-refractivity contribution < 1.29 is 0 Å². The Morgan fingerprint density at radius 1 is 1.44 bits per heavy atom. The molecule has 1 aliphatic rings. The van der Waals surface area contributed by atoms with Gasteiger partial charge in [-0.05, 0) is 46.1 Å². The molecule has 0 atom stereocenters. The zero-order valence-electron chi connectivity index (χ0n) is 10.4. The molecular weight excluding hydrogens is 218 g/mol. The molecule has 0 bridgehead atoms. The van der Waals surface area contributed by atoms with E-state index in [1.165, 1.54) is 25.7 Å². The molecular formula is C12H21N3S. The van der Waals surface area contributed by atoms with Crippen molar-refractivity contribution in [1.82, 2.24) is 14.5 Å². The minimum Gasteiger partial charge on any atom is -0.335 e. The van der Waals surface area contributed by atoms with Gasteiger partial charge in [0.05, 0.1) is 0 Å². The van der Waals surface area contributed by atoms with Gasteiger partial charge >= 0.3 is 0 Å². The first kappa shape index (κ1) is 11.9. The van der Waals surface area contributed by atoms with Gasteiger partial charge in [0.25, 0.3) is 0 Å². The number of rotatable bonds is 3. The Morgan fingerprint density at radius 2 is 2.06 bits per heavy atom. The maximum Gasteiger partial charge on any atom is 0.177 e. The topological polar surface area (TPSA) is 24.0 Å². The average Bonchev–Trinajstić information content (AvgIpc) is 2.76. The van der Waals surface area contributed by atoms with Gasteiger partial charge in [-0.1, -0.05) is 12.8 Å². The van der Waals surface area contributed by atoms with Crippen LogP contribution < -0.4 is 0 Å². The zero-order chi connectivity index (χ0) is 11.8.